The third kappa shape index (κ3) is 4.20. The van der Waals surface area contributed by atoms with Crippen LogP contribution in [-0.2, 0) is 14.6 Å². The standard InChI is InChI=1S/C18H19N3O3S2/c1-12-10-13(2)17-15(11-12)19-18(25-17)21-20-16(22)8-9-26(23,24)14-6-4-3-5-7-14/h3-7,10-11H,8-9H2,1-2H3,(H,19,21)(H,20,22). The summed E-state index contributed by atoms with van der Waals surface area (Å²) in [5, 5.41) is 0.563. The number of nitrogens with one attached hydrogen (secondary N) is 2. The van der Waals surface area contributed by atoms with E-state index in [-0.39, 0.29) is 17.1 Å². The molecule has 6 nitrogen and oxygen atoms in total. The Morgan fingerprint density at radius 1 is 1.15 bits per heavy atom. The summed E-state index contributed by atoms with van der Waals surface area (Å²) in [5.74, 6) is -0.653. The number of aromatic nitrogens is 1. The summed E-state index contributed by atoms with van der Waals surface area (Å²) in [4.78, 5) is 16.6. The van der Waals surface area contributed by atoms with E-state index in [9.17, 15) is 13.2 Å². The lowest BCUT2D eigenvalue weighted by atomic mass is 10.1. The van der Waals surface area contributed by atoms with Crippen LogP contribution in [0.4, 0.5) is 5.13 Å². The van der Waals surface area contributed by atoms with Crippen LogP contribution in [0.5, 0.6) is 0 Å². The van der Waals surface area contributed by atoms with E-state index in [0.717, 1.165) is 21.3 Å². The van der Waals surface area contributed by atoms with E-state index >= 15 is 0 Å². The number of rotatable bonds is 6. The van der Waals surface area contributed by atoms with Gasteiger partial charge in [-0.1, -0.05) is 35.6 Å². The van der Waals surface area contributed by atoms with Crippen molar-refractivity contribution in [2.75, 3.05) is 11.2 Å². The minimum Gasteiger partial charge on any atom is -0.273 e. The van der Waals surface area contributed by atoms with Gasteiger partial charge < -0.3 is 0 Å². The first-order valence-electron chi connectivity index (χ1n) is 8.05. The van der Waals surface area contributed by atoms with E-state index in [0.29, 0.717) is 5.13 Å². The average molecular weight is 390 g/mol. The van der Waals surface area contributed by atoms with Crippen LogP contribution in [0.2, 0.25) is 0 Å². The topological polar surface area (TPSA) is 88.2 Å². The fraction of sp³-hybridized carbons (Fsp3) is 0.222. The van der Waals surface area contributed by atoms with Crippen molar-refractivity contribution >= 4 is 42.4 Å². The maximum atomic E-state index is 12.2. The zero-order chi connectivity index (χ0) is 18.7. The second-order valence-electron chi connectivity index (χ2n) is 6.00. The van der Waals surface area contributed by atoms with Gasteiger partial charge >= 0.3 is 0 Å². The molecule has 0 saturated carbocycles. The molecule has 0 fully saturated rings. The number of hydrogen-bond acceptors (Lipinski definition) is 6. The molecule has 1 heterocycles. The number of nitrogens with zero attached hydrogens (tertiary/aromatic N) is 1. The Balaban J connectivity index is 1.58. The minimum absolute atomic E-state index is 0.132. The van der Waals surface area contributed by atoms with E-state index in [1.165, 1.54) is 23.5 Å². The van der Waals surface area contributed by atoms with Gasteiger partial charge in [-0.05, 0) is 43.2 Å². The van der Waals surface area contributed by atoms with Crippen LogP contribution in [0.25, 0.3) is 10.2 Å². The average Bonchev–Trinajstić information content (AvgIpc) is 3.02. The molecule has 0 saturated heterocycles. The number of hydrazine groups is 1. The number of thiazole rings is 1. The highest BCUT2D eigenvalue weighted by molar-refractivity contribution is 7.91. The molecular formula is C18H19N3O3S2. The van der Waals surface area contributed by atoms with Crippen molar-refractivity contribution in [3.05, 3.63) is 53.6 Å². The Labute approximate surface area is 156 Å². The number of amides is 1. The molecule has 0 aliphatic rings. The molecule has 1 amide bonds. The van der Waals surface area contributed by atoms with Gasteiger partial charge in [0.1, 0.15) is 0 Å². The first-order valence-corrected chi connectivity index (χ1v) is 10.5. The molecule has 2 N–H and O–H groups in total. The van der Waals surface area contributed by atoms with Gasteiger partial charge in [0.15, 0.2) is 9.84 Å². The molecule has 0 aliphatic carbocycles. The summed E-state index contributed by atoms with van der Waals surface area (Å²) in [6.45, 7) is 4.03. The number of anilines is 1. The molecule has 26 heavy (non-hydrogen) atoms. The second kappa shape index (κ2) is 7.43. The number of benzene rings is 2. The van der Waals surface area contributed by atoms with Crippen LogP contribution in [-0.4, -0.2) is 25.1 Å². The normalized spacial score (nSPS) is 11.5. The lowest BCUT2D eigenvalue weighted by molar-refractivity contribution is -0.120. The molecule has 0 spiro atoms. The van der Waals surface area contributed by atoms with Gasteiger partial charge in [0.2, 0.25) is 11.0 Å². The van der Waals surface area contributed by atoms with Gasteiger partial charge in [0.05, 0.1) is 20.9 Å². The molecular weight excluding hydrogens is 370 g/mol. The van der Waals surface area contributed by atoms with Gasteiger partial charge in [-0.25, -0.2) is 13.4 Å². The van der Waals surface area contributed by atoms with Gasteiger partial charge in [0, 0.05) is 6.42 Å². The fourth-order valence-electron chi connectivity index (χ4n) is 2.59. The van der Waals surface area contributed by atoms with Crippen LogP contribution in [0, 0.1) is 13.8 Å². The molecule has 136 valence electrons. The van der Waals surface area contributed by atoms with Crippen LogP contribution >= 0.6 is 11.3 Å². The minimum atomic E-state index is -3.47. The quantitative estimate of drug-likeness (QED) is 0.632. The Kier molecular flexibility index (Phi) is 5.24. The number of aryl methyl sites for hydroxylation is 2. The molecule has 8 heteroatoms. The summed E-state index contributed by atoms with van der Waals surface area (Å²) in [7, 11) is -3.47. The first kappa shape index (κ1) is 18.3. The maximum absolute atomic E-state index is 12.2. The zero-order valence-electron chi connectivity index (χ0n) is 14.4. The number of sulfone groups is 1. The molecule has 3 rings (SSSR count). The molecule has 0 unspecified atom stereocenters. The van der Waals surface area contributed by atoms with Gasteiger partial charge in [-0.3, -0.25) is 15.6 Å². The van der Waals surface area contributed by atoms with Crippen molar-refractivity contribution < 1.29 is 13.2 Å². The van der Waals surface area contributed by atoms with Gasteiger partial charge in [-0.15, -0.1) is 0 Å². The maximum Gasteiger partial charge on any atom is 0.239 e. The Morgan fingerprint density at radius 2 is 1.88 bits per heavy atom. The largest absolute Gasteiger partial charge is 0.273 e. The third-order valence-electron chi connectivity index (χ3n) is 3.83. The van der Waals surface area contributed by atoms with Crippen molar-refractivity contribution in [1.82, 2.24) is 10.4 Å². The number of carbonyl (C=O) groups excluding carboxylic acids is 1. The van der Waals surface area contributed by atoms with E-state index in [2.05, 4.69) is 21.9 Å². The Bertz CT molecular complexity index is 1040. The first-order chi connectivity index (χ1) is 12.3. The van der Waals surface area contributed by atoms with Gasteiger partial charge in [-0.2, -0.15) is 0 Å². The molecule has 2 aromatic carbocycles. The molecule has 3 aromatic rings. The van der Waals surface area contributed by atoms with Crippen molar-refractivity contribution in [3.63, 3.8) is 0 Å². The second-order valence-corrected chi connectivity index (χ2v) is 9.11. The lowest BCUT2D eigenvalue weighted by Gasteiger charge is -2.06. The Morgan fingerprint density at radius 3 is 2.62 bits per heavy atom. The van der Waals surface area contributed by atoms with E-state index < -0.39 is 15.7 Å². The predicted molar refractivity (Wildman–Crippen MR) is 104 cm³/mol. The predicted octanol–water partition coefficient (Wildman–Crippen LogP) is 3.22. The molecule has 0 bridgehead atoms. The van der Waals surface area contributed by atoms with E-state index in [1.807, 2.05) is 19.9 Å². The number of fused-ring (bicyclic) bond motifs is 1. The Hall–Kier alpha value is -2.45. The van der Waals surface area contributed by atoms with Crippen molar-refractivity contribution in [2.45, 2.75) is 25.2 Å². The third-order valence-corrected chi connectivity index (χ3v) is 6.68. The molecule has 1 aromatic heterocycles. The van der Waals surface area contributed by atoms with Crippen LogP contribution in [0.1, 0.15) is 17.5 Å². The van der Waals surface area contributed by atoms with Gasteiger partial charge in [0.25, 0.3) is 0 Å². The lowest BCUT2D eigenvalue weighted by Crippen LogP contribution is -2.30. The fourth-order valence-corrected chi connectivity index (χ4v) is 4.72. The smallest absolute Gasteiger partial charge is 0.239 e. The van der Waals surface area contributed by atoms with Crippen molar-refractivity contribution in [2.24, 2.45) is 0 Å². The van der Waals surface area contributed by atoms with E-state index in [4.69, 9.17) is 0 Å². The highest BCUT2D eigenvalue weighted by Crippen LogP contribution is 2.29. The monoisotopic (exact) mass is 389 g/mol. The van der Waals surface area contributed by atoms with Crippen LogP contribution in [0.3, 0.4) is 0 Å². The molecule has 0 aliphatic heterocycles. The van der Waals surface area contributed by atoms with Crippen molar-refractivity contribution in [1.29, 1.82) is 0 Å². The van der Waals surface area contributed by atoms with Crippen LogP contribution < -0.4 is 10.9 Å². The summed E-state index contributed by atoms with van der Waals surface area (Å²) >= 11 is 1.44. The van der Waals surface area contributed by atoms with E-state index in [1.54, 1.807) is 18.2 Å². The molecule has 0 atom stereocenters. The highest BCUT2D eigenvalue weighted by atomic mass is 32.2. The van der Waals surface area contributed by atoms with Crippen LogP contribution in [0.15, 0.2) is 47.4 Å². The number of hydrogen-bond donors (Lipinski definition) is 2. The summed E-state index contributed by atoms with van der Waals surface area (Å²) in [5.41, 5.74) is 8.41. The SMILES string of the molecule is Cc1cc(C)c2sc(NNC(=O)CCS(=O)(=O)c3ccccc3)nc2c1. The summed E-state index contributed by atoms with van der Waals surface area (Å²) in [6, 6.07) is 12.2. The summed E-state index contributed by atoms with van der Waals surface area (Å²) in [6.07, 6.45) is -0.132. The summed E-state index contributed by atoms with van der Waals surface area (Å²) < 4.78 is 25.4. The highest BCUT2D eigenvalue weighted by Gasteiger charge is 2.16. The van der Waals surface area contributed by atoms with Crippen molar-refractivity contribution in [3.8, 4) is 0 Å². The zero-order valence-corrected chi connectivity index (χ0v) is 16.1. The number of carbonyl (C=O) groups is 1. The molecule has 0 radical (unpaired) electrons.